The number of aromatic nitrogens is 3. The predicted molar refractivity (Wildman–Crippen MR) is 386 cm³/mol. The number of fused-ring (bicyclic) bond motifs is 12. The number of halogens is 2. The van der Waals surface area contributed by atoms with E-state index < -0.39 is 7.15 Å². The third kappa shape index (κ3) is 14.6. The van der Waals surface area contributed by atoms with Gasteiger partial charge in [0.25, 0.3) is 6.47 Å². The topological polar surface area (TPSA) is 133 Å². The summed E-state index contributed by atoms with van der Waals surface area (Å²) in [7, 11) is -1.00. The van der Waals surface area contributed by atoms with E-state index in [1.165, 1.54) is 68.5 Å². The Morgan fingerprint density at radius 1 is 0.485 bits per heavy atom. The summed E-state index contributed by atoms with van der Waals surface area (Å²) in [6.45, 7) is 6.34. The van der Waals surface area contributed by atoms with Gasteiger partial charge in [0.05, 0.1) is 60.4 Å². The molecule has 0 saturated heterocycles. The molecular weight excluding hydrogens is 1290 g/mol. The van der Waals surface area contributed by atoms with Crippen molar-refractivity contribution < 1.29 is 129 Å². The first-order valence-corrected chi connectivity index (χ1v) is 30.9. The minimum absolute atomic E-state index is 0. The number of para-hydroxylation sites is 5. The molecule has 1 N–H and O–H groups in total. The molecule has 0 bridgehead atoms. The van der Waals surface area contributed by atoms with E-state index in [9.17, 15) is 19.3 Å². The molecule has 17 rings (SSSR count). The molecule has 0 saturated carbocycles. The van der Waals surface area contributed by atoms with Crippen LogP contribution in [0.15, 0.2) is 303 Å². The minimum atomic E-state index is -1.00. The van der Waals surface area contributed by atoms with E-state index in [0.717, 1.165) is 95.4 Å². The summed E-state index contributed by atoms with van der Waals surface area (Å²) in [5.41, 5.74) is 22.7. The van der Waals surface area contributed by atoms with Crippen LogP contribution in [-0.2, 0) is 16.1 Å². The summed E-state index contributed by atoms with van der Waals surface area (Å²) >= 11 is 0. The van der Waals surface area contributed by atoms with Gasteiger partial charge in [0, 0.05) is 88.8 Å². The van der Waals surface area contributed by atoms with E-state index in [4.69, 9.17) is 18.0 Å². The molecule has 99 heavy (non-hydrogen) atoms. The Morgan fingerprint density at radius 2 is 0.889 bits per heavy atom. The molecule has 0 aliphatic heterocycles. The number of alkyl halides is 1. The molecule has 0 fully saturated rings. The number of nitrogens with one attached hydrogen (secondary N) is 1. The standard InChI is InChI=1S/C44H27N5.C31H22N2.C7H4FN.CH3F.CH2O3.2K.H/c45-28-30-14-18-33(19-15-30)48-41-12-6-4-10-37(41)39-26-35(22-24-43(39)48)47(32-8-2-1-3-9-32)36-23-25-44-40(27-36)38-11-5-7-13-42(38)49(44)34-20-16-31(29-46)17-21-34;1-2-9-23(10-3-1)33(24-15-14-22-18-21-8-4-5-11-26(21)28(22)19-24)25-16-17-31-29(20-25)27-12-6-7-13-30(27)32-31;1-9-7-4-2-6(8)3-5-7;1-2;2-1-4-3;;;/h1-27H;1-17,19-20,32H,18H2;2-5H;1H3;1,3H;;;/q;;;;;2*+1;-1/p-1/i;;;1D;;;;. The van der Waals surface area contributed by atoms with Gasteiger partial charge in [-0.15, -0.1) is 0 Å². The molecule has 16 aromatic rings. The van der Waals surface area contributed by atoms with E-state index in [0.29, 0.717) is 16.8 Å². The average molecular weight is 1340 g/mol. The summed E-state index contributed by atoms with van der Waals surface area (Å²) in [6.07, 6.45) is 1.01. The van der Waals surface area contributed by atoms with Gasteiger partial charge in [-0.05, 0) is 199 Å². The fourth-order valence-corrected chi connectivity index (χ4v) is 12.9. The van der Waals surface area contributed by atoms with Crippen molar-refractivity contribution in [1.29, 1.82) is 10.5 Å². The van der Waals surface area contributed by atoms with Crippen LogP contribution >= 0.6 is 0 Å². The number of carbonyl (C=O) groups is 1. The van der Waals surface area contributed by atoms with Crippen molar-refractivity contribution in [3.63, 3.8) is 0 Å². The van der Waals surface area contributed by atoms with Crippen molar-refractivity contribution in [2.45, 2.75) is 6.42 Å². The third-order valence-corrected chi connectivity index (χ3v) is 17.1. The van der Waals surface area contributed by atoms with Gasteiger partial charge in [-0.25, -0.2) is 9.24 Å². The molecule has 468 valence electrons. The Kier molecular flexibility index (Phi) is 22.6. The van der Waals surface area contributed by atoms with Crippen molar-refractivity contribution in [3.05, 3.63) is 343 Å². The van der Waals surface area contributed by atoms with E-state index in [-0.39, 0.29) is 116 Å². The van der Waals surface area contributed by atoms with Gasteiger partial charge in [-0.2, -0.15) is 10.5 Å². The fraction of sp³-hybridized carbons (Fsp3) is 0.0238. The smallest absolute Gasteiger partial charge is 1.00 e. The van der Waals surface area contributed by atoms with Crippen LogP contribution in [0, 0.1) is 35.1 Å². The van der Waals surface area contributed by atoms with Crippen LogP contribution in [0.4, 0.5) is 48.6 Å². The Morgan fingerprint density at radius 3 is 1.39 bits per heavy atom. The maximum absolute atomic E-state index is 12.1. The average Bonchev–Trinajstić information content (AvgIpc) is 1.60. The summed E-state index contributed by atoms with van der Waals surface area (Å²) in [5, 5.41) is 34.3. The first-order chi connectivity index (χ1) is 48.2. The molecule has 11 nitrogen and oxygen atoms in total. The SMILES string of the molecule is N#Cc1ccc(-n2c3ccccc3c3cc(N(c4ccccc4)c4ccc5c(c4)c4ccccc4n5-c4ccc(C#N)cc4)ccc32)cc1.O=CO[O-].[2H]CF.[C-]#[N+]c1ccc(F)cc1.[H-].[K+].[K+].c1ccc(N(c2ccc3c(c2)-c2ccccc2C3)c2ccc3[nH]c4ccccc4c3c2)cc1. The van der Waals surface area contributed by atoms with E-state index in [1.807, 2.05) is 54.6 Å². The van der Waals surface area contributed by atoms with Crippen molar-refractivity contribution in [2.75, 3.05) is 17.0 Å². The molecule has 1 aliphatic rings. The second kappa shape index (κ2) is 32.5. The molecule has 0 amide bonds. The maximum atomic E-state index is 12.1. The van der Waals surface area contributed by atoms with E-state index in [1.54, 1.807) is 0 Å². The monoisotopic (exact) mass is 1340 g/mol. The van der Waals surface area contributed by atoms with Gasteiger partial charge in [0.15, 0.2) is 5.69 Å². The zero-order valence-electron chi connectivity index (χ0n) is 56.0. The molecule has 13 aromatic carbocycles. The van der Waals surface area contributed by atoms with Crippen molar-refractivity contribution in [2.24, 2.45) is 0 Å². The van der Waals surface area contributed by atoms with E-state index >= 15 is 0 Å². The number of carbonyl (C=O) groups excluding carboxylic acids is 1. The normalized spacial score (nSPS) is 10.8. The Balaban J connectivity index is 0.000000182. The molecule has 1 aliphatic carbocycles. The predicted octanol–water partition coefficient (Wildman–Crippen LogP) is 15.0. The van der Waals surface area contributed by atoms with Gasteiger partial charge < -0.3 is 35.5 Å². The van der Waals surface area contributed by atoms with Crippen LogP contribution in [0.5, 0.6) is 0 Å². The summed E-state index contributed by atoms with van der Waals surface area (Å²) in [5.74, 6) is -0.303. The number of nitrogens with zero attached hydrogens (tertiary/aromatic N) is 7. The Labute approximate surface area is 658 Å². The number of rotatable bonds is 9. The quantitative estimate of drug-likeness (QED) is 0.0500. The number of hydrogen-bond donors (Lipinski definition) is 1. The number of aromatic amines is 1. The van der Waals surface area contributed by atoms with Gasteiger partial charge in [-0.1, -0.05) is 133 Å². The van der Waals surface area contributed by atoms with Crippen LogP contribution < -0.4 is 118 Å². The summed E-state index contributed by atoms with van der Waals surface area (Å²) < 4.78 is 32.2. The van der Waals surface area contributed by atoms with Crippen LogP contribution in [0.1, 0.15) is 25.1 Å². The first-order valence-electron chi connectivity index (χ1n) is 31.6. The third-order valence-electron chi connectivity index (χ3n) is 17.1. The fourth-order valence-electron chi connectivity index (χ4n) is 12.9. The number of hydrogen-bond acceptors (Lipinski definition) is 7. The molecule has 3 heterocycles. The molecule has 0 spiro atoms. The Bertz CT molecular complexity index is 5530. The maximum Gasteiger partial charge on any atom is 1.00 e. The minimum Gasteiger partial charge on any atom is -1.00 e. The number of anilines is 6. The van der Waals surface area contributed by atoms with E-state index in [2.05, 4.69) is 270 Å². The molecule has 0 unspecified atom stereocenters. The van der Waals surface area contributed by atoms with Crippen molar-refractivity contribution in [1.82, 2.24) is 14.1 Å². The van der Waals surface area contributed by atoms with Crippen LogP contribution in [0.2, 0.25) is 0 Å². The second-order valence-electron chi connectivity index (χ2n) is 22.6. The number of nitriles is 2. The van der Waals surface area contributed by atoms with Crippen molar-refractivity contribution in [3.8, 4) is 34.6 Å². The second-order valence-corrected chi connectivity index (χ2v) is 22.6. The Hall–Kier alpha value is -10.1. The largest absolute Gasteiger partial charge is 1.00 e. The summed E-state index contributed by atoms with van der Waals surface area (Å²) in [4.78, 5) is 22.6. The van der Waals surface area contributed by atoms with Gasteiger partial charge in [0.1, 0.15) is 5.82 Å². The van der Waals surface area contributed by atoms with Crippen LogP contribution in [0.25, 0.3) is 92.8 Å². The van der Waals surface area contributed by atoms with Gasteiger partial charge in [0.2, 0.25) is 0 Å². The van der Waals surface area contributed by atoms with Crippen LogP contribution in [0.3, 0.4) is 0 Å². The number of H-pyrrole nitrogens is 1. The van der Waals surface area contributed by atoms with Gasteiger partial charge in [-0.3, -0.25) is 9.18 Å². The molecule has 3 aromatic heterocycles. The molecule has 0 atom stereocenters. The van der Waals surface area contributed by atoms with Crippen molar-refractivity contribution >= 4 is 112 Å². The molecular formula is C84H58F2K2N8O3. The molecule has 15 heteroatoms. The zero-order chi connectivity index (χ0) is 67.5. The van der Waals surface area contributed by atoms with Crippen LogP contribution in [-0.4, -0.2) is 27.7 Å². The zero-order valence-corrected chi connectivity index (χ0v) is 60.2. The van der Waals surface area contributed by atoms with Gasteiger partial charge >= 0.3 is 103 Å². The number of benzene rings is 13. The molecule has 0 radical (unpaired) electrons. The summed E-state index contributed by atoms with van der Waals surface area (Å²) in [6, 6.07) is 108. The first kappa shape index (κ1) is 68.8.